The molecular weight excluding hydrogens is 352 g/mol. The molecule has 0 aliphatic rings. The summed E-state index contributed by atoms with van der Waals surface area (Å²) in [5.74, 6) is 0.0343. The zero-order valence-corrected chi connectivity index (χ0v) is 12.6. The van der Waals surface area contributed by atoms with E-state index < -0.39 is 11.1 Å². The maximum Gasteiger partial charge on any atom is 0.314 e. The van der Waals surface area contributed by atoms with Crippen LogP contribution in [-0.4, -0.2) is 20.9 Å². The first-order valence-corrected chi connectivity index (χ1v) is 7.01. The van der Waals surface area contributed by atoms with Crippen molar-refractivity contribution in [2.24, 2.45) is 0 Å². The highest BCUT2D eigenvalue weighted by atomic mass is 79.9. The van der Waals surface area contributed by atoms with Crippen LogP contribution in [0.15, 0.2) is 50.6 Å². The molecule has 1 amide bonds. The van der Waals surface area contributed by atoms with E-state index in [4.69, 9.17) is 0 Å². The zero-order valence-electron chi connectivity index (χ0n) is 11.0. The predicted octanol–water partition coefficient (Wildman–Crippen LogP) is 1.63. The van der Waals surface area contributed by atoms with Crippen LogP contribution in [-0.2, 0) is 0 Å². The Hall–Kier alpha value is -2.74. The number of fused-ring (bicyclic) bond motifs is 1. The van der Waals surface area contributed by atoms with Crippen molar-refractivity contribution in [3.05, 3.63) is 67.3 Å². The van der Waals surface area contributed by atoms with Crippen LogP contribution < -0.4 is 16.4 Å². The van der Waals surface area contributed by atoms with Gasteiger partial charge in [-0.15, -0.1) is 0 Å². The van der Waals surface area contributed by atoms with E-state index >= 15 is 0 Å². The molecule has 1 aromatic carbocycles. The maximum atomic E-state index is 12.2. The Morgan fingerprint density at radius 1 is 1.05 bits per heavy atom. The smallest absolute Gasteiger partial charge is 0.314 e. The number of aromatic nitrogens is 3. The molecule has 8 heteroatoms. The number of carbonyl (C=O) groups is 1. The van der Waals surface area contributed by atoms with E-state index in [0.717, 1.165) is 4.47 Å². The highest BCUT2D eigenvalue weighted by molar-refractivity contribution is 9.10. The van der Waals surface area contributed by atoms with Gasteiger partial charge in [-0.05, 0) is 46.3 Å². The van der Waals surface area contributed by atoms with Crippen molar-refractivity contribution >= 4 is 38.7 Å². The third-order valence-electron chi connectivity index (χ3n) is 2.95. The van der Waals surface area contributed by atoms with Gasteiger partial charge in [-0.2, -0.15) is 0 Å². The number of H-pyrrole nitrogens is 2. The lowest BCUT2D eigenvalue weighted by molar-refractivity contribution is 0.102. The minimum absolute atomic E-state index is 0.333. The van der Waals surface area contributed by atoms with E-state index in [2.05, 4.69) is 36.2 Å². The molecule has 0 atom stereocenters. The standard InChI is InChI=1S/C14H9BrN4O3/c15-8-2-4-11(16-6-8)19-12(20)7-1-3-9-10(5-7)18-14(22)13(21)17-9/h1-6H,(H,17,21)(H,18,22)(H,16,19,20). The van der Waals surface area contributed by atoms with Gasteiger partial charge in [0.05, 0.1) is 11.0 Å². The van der Waals surface area contributed by atoms with E-state index in [0.29, 0.717) is 22.4 Å². The number of amides is 1. The topological polar surface area (TPSA) is 108 Å². The van der Waals surface area contributed by atoms with Gasteiger partial charge in [0, 0.05) is 16.2 Å². The van der Waals surface area contributed by atoms with Crippen LogP contribution in [0.5, 0.6) is 0 Å². The maximum absolute atomic E-state index is 12.2. The molecule has 0 spiro atoms. The molecule has 3 rings (SSSR count). The van der Waals surface area contributed by atoms with Crippen LogP contribution in [0.4, 0.5) is 5.82 Å². The van der Waals surface area contributed by atoms with Crippen molar-refractivity contribution in [3.63, 3.8) is 0 Å². The van der Waals surface area contributed by atoms with Gasteiger partial charge in [0.1, 0.15) is 5.82 Å². The van der Waals surface area contributed by atoms with Crippen LogP contribution in [0.25, 0.3) is 11.0 Å². The first-order chi connectivity index (χ1) is 10.5. The summed E-state index contributed by atoms with van der Waals surface area (Å²) in [4.78, 5) is 43.6. The van der Waals surface area contributed by atoms with Crippen molar-refractivity contribution in [1.29, 1.82) is 0 Å². The summed E-state index contributed by atoms with van der Waals surface area (Å²) in [6, 6.07) is 8.00. The first kappa shape index (κ1) is 14.2. The van der Waals surface area contributed by atoms with E-state index in [9.17, 15) is 14.4 Å². The lowest BCUT2D eigenvalue weighted by atomic mass is 10.2. The normalized spacial score (nSPS) is 10.6. The second-order valence-corrected chi connectivity index (χ2v) is 5.40. The van der Waals surface area contributed by atoms with E-state index in [-0.39, 0.29) is 5.91 Å². The second-order valence-electron chi connectivity index (χ2n) is 4.48. The third kappa shape index (κ3) is 2.82. The van der Waals surface area contributed by atoms with Crippen LogP contribution in [0, 0.1) is 0 Å². The third-order valence-corrected chi connectivity index (χ3v) is 3.42. The number of nitrogens with one attached hydrogen (secondary N) is 3. The van der Waals surface area contributed by atoms with Crippen molar-refractivity contribution < 1.29 is 4.79 Å². The minimum atomic E-state index is -0.764. The molecule has 0 unspecified atom stereocenters. The van der Waals surface area contributed by atoms with E-state index in [1.807, 2.05) is 0 Å². The molecule has 0 saturated carbocycles. The number of carbonyl (C=O) groups excluding carboxylic acids is 1. The highest BCUT2D eigenvalue weighted by Crippen LogP contribution is 2.13. The first-order valence-electron chi connectivity index (χ1n) is 6.22. The lowest BCUT2D eigenvalue weighted by Gasteiger charge is -2.05. The molecular formula is C14H9BrN4O3. The van der Waals surface area contributed by atoms with Crippen molar-refractivity contribution in [2.45, 2.75) is 0 Å². The number of rotatable bonds is 2. The molecule has 22 heavy (non-hydrogen) atoms. The molecule has 0 radical (unpaired) electrons. The monoisotopic (exact) mass is 360 g/mol. The van der Waals surface area contributed by atoms with Crippen molar-refractivity contribution in [1.82, 2.24) is 15.0 Å². The number of pyridine rings is 1. The van der Waals surface area contributed by atoms with Crippen molar-refractivity contribution in [2.75, 3.05) is 5.32 Å². The van der Waals surface area contributed by atoms with Gasteiger partial charge in [0.2, 0.25) is 0 Å². The summed E-state index contributed by atoms with van der Waals surface area (Å²) in [6.07, 6.45) is 1.57. The Morgan fingerprint density at radius 2 is 1.77 bits per heavy atom. The van der Waals surface area contributed by atoms with Crippen LogP contribution >= 0.6 is 15.9 Å². The van der Waals surface area contributed by atoms with E-state index in [1.165, 1.54) is 6.07 Å². The number of aromatic amines is 2. The molecule has 3 aromatic rings. The van der Waals surface area contributed by atoms with Gasteiger partial charge in [-0.25, -0.2) is 4.98 Å². The summed E-state index contributed by atoms with van der Waals surface area (Å²) < 4.78 is 0.803. The number of hydrogen-bond acceptors (Lipinski definition) is 4. The fourth-order valence-electron chi connectivity index (χ4n) is 1.89. The molecule has 3 N–H and O–H groups in total. The highest BCUT2D eigenvalue weighted by Gasteiger charge is 2.09. The van der Waals surface area contributed by atoms with Gasteiger partial charge < -0.3 is 15.3 Å². The molecule has 0 aliphatic carbocycles. The molecule has 0 bridgehead atoms. The number of hydrogen-bond donors (Lipinski definition) is 3. The summed E-state index contributed by atoms with van der Waals surface area (Å²) in [5.41, 5.74) is -0.341. The van der Waals surface area contributed by atoms with Gasteiger partial charge in [-0.1, -0.05) is 0 Å². The number of halogens is 1. The summed E-state index contributed by atoms with van der Waals surface area (Å²) >= 11 is 3.26. The SMILES string of the molecule is O=C(Nc1ccc(Br)cn1)c1ccc2[nH]c(=O)c(=O)[nH]c2c1. The lowest BCUT2D eigenvalue weighted by Crippen LogP contribution is -2.29. The Bertz CT molecular complexity index is 976. The molecule has 7 nitrogen and oxygen atoms in total. The largest absolute Gasteiger partial charge is 0.316 e. The minimum Gasteiger partial charge on any atom is -0.316 e. The summed E-state index contributed by atoms with van der Waals surface area (Å²) in [7, 11) is 0. The Kier molecular flexibility index (Phi) is 3.60. The Balaban J connectivity index is 1.94. The predicted molar refractivity (Wildman–Crippen MR) is 85.1 cm³/mol. The quantitative estimate of drug-likeness (QED) is 0.603. The summed E-state index contributed by atoms with van der Waals surface area (Å²) in [6.45, 7) is 0. The Morgan fingerprint density at radius 3 is 2.45 bits per heavy atom. The van der Waals surface area contributed by atoms with Gasteiger partial charge in [0.15, 0.2) is 0 Å². The van der Waals surface area contributed by atoms with Gasteiger partial charge in [-0.3, -0.25) is 14.4 Å². The molecule has 2 heterocycles. The van der Waals surface area contributed by atoms with Crippen LogP contribution in [0.2, 0.25) is 0 Å². The van der Waals surface area contributed by atoms with Crippen molar-refractivity contribution in [3.8, 4) is 0 Å². The summed E-state index contributed by atoms with van der Waals surface area (Å²) in [5, 5.41) is 2.64. The fourth-order valence-corrected chi connectivity index (χ4v) is 2.13. The molecule has 2 aromatic heterocycles. The van der Waals surface area contributed by atoms with Gasteiger partial charge >= 0.3 is 11.1 Å². The molecule has 110 valence electrons. The molecule has 0 fully saturated rings. The zero-order chi connectivity index (χ0) is 15.7. The number of anilines is 1. The Labute approximate surface area is 131 Å². The fraction of sp³-hybridized carbons (Fsp3) is 0. The van der Waals surface area contributed by atoms with Gasteiger partial charge in [0.25, 0.3) is 5.91 Å². The average molecular weight is 361 g/mol. The number of nitrogens with zero attached hydrogens (tertiary/aromatic N) is 1. The van der Waals surface area contributed by atoms with E-state index in [1.54, 1.807) is 30.5 Å². The second kappa shape index (κ2) is 5.57. The van der Waals surface area contributed by atoms with Crippen LogP contribution in [0.3, 0.4) is 0 Å². The average Bonchev–Trinajstić information content (AvgIpc) is 2.50. The molecule has 0 saturated heterocycles. The number of benzene rings is 1. The van der Waals surface area contributed by atoms with Crippen LogP contribution in [0.1, 0.15) is 10.4 Å². The molecule has 0 aliphatic heterocycles.